The monoisotopic (exact) mass is 540 g/mol. The van der Waals surface area contributed by atoms with Crippen molar-refractivity contribution < 1.29 is 0 Å². The van der Waals surface area contributed by atoms with Crippen molar-refractivity contribution in [2.75, 3.05) is 0 Å². The molecule has 38 heavy (non-hydrogen) atoms. The van der Waals surface area contributed by atoms with Crippen LogP contribution in [-0.2, 0) is 0 Å². The van der Waals surface area contributed by atoms with Gasteiger partial charge in [0.25, 0.3) is 0 Å². The lowest BCUT2D eigenvalue weighted by atomic mass is 10.1. The van der Waals surface area contributed by atoms with Crippen LogP contribution in [-0.4, -0.2) is 26.1 Å². The first-order valence-corrected chi connectivity index (χ1v) is 19.0. The highest BCUT2D eigenvalue weighted by molar-refractivity contribution is 6.91. The van der Waals surface area contributed by atoms with Crippen LogP contribution in [0.15, 0.2) is 36.4 Å². The predicted molar refractivity (Wildman–Crippen MR) is 173 cm³/mol. The third kappa shape index (κ3) is 5.49. The fourth-order valence-electron chi connectivity index (χ4n) is 7.09. The standard InChI is InChI=1S/C34H48N2Si2/c1-23(2)37(24(3)4,25(5)6)19-17-29-21-33-34(36-32-16-14-13-15-31(32)35-33)22-30(29)18-20-38(26(7)8,27(9)10)28(11)12/h13-16,21-28H,1-12H3. The number of hydrogen-bond donors (Lipinski definition) is 0. The molecular weight excluding hydrogens is 493 g/mol. The third-order valence-corrected chi connectivity index (χ3v) is 21.6. The van der Waals surface area contributed by atoms with Gasteiger partial charge >= 0.3 is 0 Å². The minimum absolute atomic E-state index is 0.580. The molecule has 0 saturated heterocycles. The minimum atomic E-state index is -1.89. The Labute approximate surface area is 234 Å². The average Bonchev–Trinajstić information content (AvgIpc) is 2.82. The number of nitrogens with zero attached hydrogens (tertiary/aromatic N) is 2. The van der Waals surface area contributed by atoms with Gasteiger partial charge in [-0.15, -0.1) is 11.1 Å². The zero-order valence-corrected chi connectivity index (χ0v) is 27.8. The largest absolute Gasteiger partial charge is 0.244 e. The molecule has 3 aromatic rings. The molecule has 0 bridgehead atoms. The maximum Gasteiger partial charge on any atom is 0.146 e. The lowest BCUT2D eigenvalue weighted by Gasteiger charge is -2.38. The molecule has 0 unspecified atom stereocenters. The van der Waals surface area contributed by atoms with Gasteiger partial charge in [-0.3, -0.25) is 0 Å². The summed E-state index contributed by atoms with van der Waals surface area (Å²) in [7, 11) is -3.79. The van der Waals surface area contributed by atoms with E-state index >= 15 is 0 Å². The second-order valence-electron chi connectivity index (χ2n) is 12.9. The van der Waals surface area contributed by atoms with Crippen LogP contribution in [0.4, 0.5) is 0 Å². The van der Waals surface area contributed by atoms with Crippen LogP contribution < -0.4 is 0 Å². The summed E-state index contributed by atoms with van der Waals surface area (Å²) in [5.74, 6) is 7.44. The van der Waals surface area contributed by atoms with Crippen molar-refractivity contribution in [1.82, 2.24) is 9.97 Å². The Morgan fingerprint density at radius 3 is 1.03 bits per heavy atom. The molecule has 4 heteroatoms. The Balaban J connectivity index is 2.37. The molecule has 0 N–H and O–H groups in total. The maximum absolute atomic E-state index is 4.96. The Morgan fingerprint density at radius 2 is 0.763 bits per heavy atom. The van der Waals surface area contributed by atoms with Gasteiger partial charge in [0, 0.05) is 11.1 Å². The first-order chi connectivity index (χ1) is 17.8. The van der Waals surface area contributed by atoms with E-state index in [0.717, 1.165) is 33.2 Å². The van der Waals surface area contributed by atoms with Gasteiger partial charge in [0.2, 0.25) is 0 Å². The minimum Gasteiger partial charge on any atom is -0.244 e. The third-order valence-electron chi connectivity index (χ3n) is 9.04. The highest BCUT2D eigenvalue weighted by Gasteiger charge is 2.42. The van der Waals surface area contributed by atoms with Crippen molar-refractivity contribution in [2.24, 2.45) is 0 Å². The van der Waals surface area contributed by atoms with E-state index in [9.17, 15) is 0 Å². The summed E-state index contributed by atoms with van der Waals surface area (Å²) in [5.41, 5.74) is 17.0. The summed E-state index contributed by atoms with van der Waals surface area (Å²) < 4.78 is 0. The zero-order valence-electron chi connectivity index (χ0n) is 25.8. The number of hydrogen-bond acceptors (Lipinski definition) is 2. The van der Waals surface area contributed by atoms with Gasteiger partial charge in [0.1, 0.15) is 16.1 Å². The second-order valence-corrected chi connectivity index (χ2v) is 24.1. The normalized spacial score (nSPS) is 12.7. The molecule has 1 aromatic heterocycles. The Kier molecular flexibility index (Phi) is 9.34. The van der Waals surface area contributed by atoms with Gasteiger partial charge in [-0.25, -0.2) is 9.97 Å². The molecule has 0 atom stereocenters. The lowest BCUT2D eigenvalue weighted by Crippen LogP contribution is -2.43. The van der Waals surface area contributed by atoms with Gasteiger partial charge in [-0.2, -0.15) is 0 Å². The molecular formula is C34H48N2Si2. The topological polar surface area (TPSA) is 25.8 Å². The molecule has 0 amide bonds. The van der Waals surface area contributed by atoms with Crippen molar-refractivity contribution in [3.63, 3.8) is 0 Å². The van der Waals surface area contributed by atoms with E-state index in [1.165, 1.54) is 0 Å². The van der Waals surface area contributed by atoms with Crippen molar-refractivity contribution in [1.29, 1.82) is 0 Å². The van der Waals surface area contributed by atoms with Crippen LogP contribution in [0, 0.1) is 22.9 Å². The summed E-state index contributed by atoms with van der Waals surface area (Å²) in [5, 5.41) is 0. The molecule has 0 aliphatic heterocycles. The number of para-hydroxylation sites is 2. The van der Waals surface area contributed by atoms with Crippen molar-refractivity contribution in [3.8, 4) is 22.9 Å². The van der Waals surface area contributed by atoms with Crippen LogP contribution in [0.25, 0.3) is 22.1 Å². The summed E-state index contributed by atoms with van der Waals surface area (Å²) in [6.07, 6.45) is 0. The molecule has 3 rings (SSSR count). The molecule has 0 spiro atoms. The first-order valence-electron chi connectivity index (χ1n) is 14.5. The molecule has 0 saturated carbocycles. The number of rotatable bonds is 6. The molecule has 202 valence electrons. The predicted octanol–water partition coefficient (Wildman–Crippen LogP) is 9.92. The fourth-order valence-corrected chi connectivity index (χ4v) is 17.5. The van der Waals surface area contributed by atoms with Crippen molar-refractivity contribution >= 4 is 38.2 Å². The van der Waals surface area contributed by atoms with Gasteiger partial charge in [-0.1, -0.05) is 107 Å². The highest BCUT2D eigenvalue weighted by atomic mass is 28.3. The van der Waals surface area contributed by atoms with E-state index < -0.39 is 16.1 Å². The van der Waals surface area contributed by atoms with E-state index in [1.807, 2.05) is 24.3 Å². The summed E-state index contributed by atoms with van der Waals surface area (Å²) in [4.78, 5) is 9.93. The Hall–Kier alpha value is -2.41. The fraction of sp³-hybridized carbons (Fsp3) is 0.529. The molecule has 2 nitrogen and oxygen atoms in total. The van der Waals surface area contributed by atoms with E-state index in [1.54, 1.807) is 0 Å². The van der Waals surface area contributed by atoms with Crippen LogP contribution in [0.2, 0.25) is 33.2 Å². The van der Waals surface area contributed by atoms with E-state index in [2.05, 4.69) is 118 Å². The average molecular weight is 541 g/mol. The molecule has 1 heterocycles. The molecule has 0 aliphatic carbocycles. The Bertz CT molecular complexity index is 1260. The summed E-state index contributed by atoms with van der Waals surface area (Å²) in [6.45, 7) is 28.4. The highest BCUT2D eigenvalue weighted by Crippen LogP contribution is 2.42. The number of aromatic nitrogens is 2. The smallest absolute Gasteiger partial charge is 0.146 e. The lowest BCUT2D eigenvalue weighted by molar-refractivity contribution is 0.838. The molecule has 0 aliphatic rings. The van der Waals surface area contributed by atoms with Gasteiger partial charge in [0.15, 0.2) is 0 Å². The Morgan fingerprint density at radius 1 is 0.474 bits per heavy atom. The van der Waals surface area contributed by atoms with Crippen LogP contribution >= 0.6 is 0 Å². The quantitative estimate of drug-likeness (QED) is 0.177. The van der Waals surface area contributed by atoms with Crippen LogP contribution in [0.3, 0.4) is 0 Å². The molecule has 0 fully saturated rings. The number of benzene rings is 2. The van der Waals surface area contributed by atoms with Crippen molar-refractivity contribution in [3.05, 3.63) is 47.5 Å². The second kappa shape index (κ2) is 11.8. The number of fused-ring (bicyclic) bond motifs is 2. The summed E-state index contributed by atoms with van der Waals surface area (Å²) >= 11 is 0. The maximum atomic E-state index is 4.96. The van der Waals surface area contributed by atoms with Crippen LogP contribution in [0.5, 0.6) is 0 Å². The summed E-state index contributed by atoms with van der Waals surface area (Å²) in [6, 6.07) is 12.4. The van der Waals surface area contributed by atoms with Gasteiger partial charge in [-0.05, 0) is 57.5 Å². The molecule has 0 radical (unpaired) electrons. The van der Waals surface area contributed by atoms with Gasteiger partial charge < -0.3 is 0 Å². The van der Waals surface area contributed by atoms with E-state index in [0.29, 0.717) is 33.2 Å². The van der Waals surface area contributed by atoms with Crippen molar-refractivity contribution in [2.45, 2.75) is 116 Å². The van der Waals surface area contributed by atoms with E-state index in [-0.39, 0.29) is 0 Å². The van der Waals surface area contributed by atoms with E-state index in [4.69, 9.17) is 9.97 Å². The van der Waals surface area contributed by atoms with Gasteiger partial charge in [0.05, 0.1) is 22.1 Å². The zero-order chi connectivity index (χ0) is 28.4. The SMILES string of the molecule is CC(C)[Si](C#Cc1cc2nc3ccccc3nc2cc1C#C[Si](C(C)C)(C(C)C)C(C)C)(C(C)C)C(C)C. The van der Waals surface area contributed by atoms with Crippen LogP contribution in [0.1, 0.15) is 94.2 Å². The first kappa shape index (κ1) is 30.1. The molecule has 2 aromatic carbocycles.